The molecule has 0 spiro atoms. The number of rotatable bonds is 11. The number of nitrogens with zero attached hydrogens (tertiary/aromatic N) is 1. The minimum Gasteiger partial charge on any atom is -0.352 e. The Labute approximate surface area is 201 Å². The molecule has 1 N–H and O–H groups in total. The normalized spacial score (nSPS) is 15.1. The number of hydrogen-bond acceptors (Lipinski definition) is 3. The molecule has 0 aliphatic heterocycles. The highest BCUT2D eigenvalue weighted by Crippen LogP contribution is 2.19. The van der Waals surface area contributed by atoms with Crippen molar-refractivity contribution in [3.8, 4) is 0 Å². The Morgan fingerprint density at radius 1 is 1.03 bits per heavy atom. The predicted molar refractivity (Wildman–Crippen MR) is 134 cm³/mol. The van der Waals surface area contributed by atoms with E-state index in [0.29, 0.717) is 30.9 Å². The van der Waals surface area contributed by atoms with Crippen LogP contribution in [0.15, 0.2) is 54.6 Å². The molecule has 4 nitrogen and oxygen atoms in total. The van der Waals surface area contributed by atoms with Crippen LogP contribution in [0, 0.1) is 5.82 Å². The summed E-state index contributed by atoms with van der Waals surface area (Å²) in [6, 6.07) is 16.2. The first kappa shape index (κ1) is 25.3. The molecule has 0 saturated heterocycles. The van der Waals surface area contributed by atoms with Crippen LogP contribution in [0.1, 0.15) is 56.6 Å². The Kier molecular flexibility index (Phi) is 10.3. The molecule has 1 saturated carbocycles. The number of hydrogen-bond donors (Lipinski definition) is 1. The van der Waals surface area contributed by atoms with E-state index in [-0.39, 0.29) is 23.7 Å². The summed E-state index contributed by atoms with van der Waals surface area (Å²) in [4.78, 5) is 28.2. The fourth-order valence-electron chi connectivity index (χ4n) is 4.36. The standard InChI is InChI=1S/C27H35FN2O2S/c1-2-25(27(32)29-24-11-7-4-8-12-24)30(18-17-21-9-5-3-6-10-21)26(31)20-33-19-22-13-15-23(28)16-14-22/h3,5-6,9-10,13-16,24-25H,2,4,7-8,11-12,17-20H2,1H3,(H,29,32). The van der Waals surface area contributed by atoms with Crippen molar-refractivity contribution in [3.63, 3.8) is 0 Å². The van der Waals surface area contributed by atoms with E-state index in [1.54, 1.807) is 17.0 Å². The molecular formula is C27H35FN2O2S. The fraction of sp³-hybridized carbons (Fsp3) is 0.481. The average Bonchev–Trinajstić information content (AvgIpc) is 2.84. The van der Waals surface area contributed by atoms with E-state index in [1.165, 1.54) is 30.3 Å². The van der Waals surface area contributed by atoms with Crippen molar-refractivity contribution in [3.05, 3.63) is 71.5 Å². The summed E-state index contributed by atoms with van der Waals surface area (Å²) in [5, 5.41) is 3.22. The van der Waals surface area contributed by atoms with Crippen molar-refractivity contribution in [2.45, 2.75) is 69.7 Å². The van der Waals surface area contributed by atoms with E-state index in [4.69, 9.17) is 0 Å². The molecule has 1 atom stereocenters. The first-order valence-electron chi connectivity index (χ1n) is 12.0. The van der Waals surface area contributed by atoms with Gasteiger partial charge in [-0.25, -0.2) is 4.39 Å². The van der Waals surface area contributed by atoms with Crippen LogP contribution in [-0.4, -0.2) is 41.1 Å². The maximum Gasteiger partial charge on any atom is 0.243 e. The maximum atomic E-state index is 13.3. The lowest BCUT2D eigenvalue weighted by molar-refractivity contribution is -0.139. The first-order chi connectivity index (χ1) is 16.1. The Hall–Kier alpha value is -2.34. The summed E-state index contributed by atoms with van der Waals surface area (Å²) in [6.45, 7) is 2.48. The zero-order valence-corrected chi connectivity index (χ0v) is 20.3. The monoisotopic (exact) mass is 470 g/mol. The molecule has 0 bridgehead atoms. The number of amides is 2. The molecule has 178 valence electrons. The Morgan fingerprint density at radius 2 is 1.73 bits per heavy atom. The maximum absolute atomic E-state index is 13.3. The minimum atomic E-state index is -0.463. The second kappa shape index (κ2) is 13.4. The number of benzene rings is 2. The third-order valence-corrected chi connectivity index (χ3v) is 7.22. The van der Waals surface area contributed by atoms with Gasteiger partial charge in [-0.3, -0.25) is 9.59 Å². The molecule has 1 aliphatic carbocycles. The molecule has 1 unspecified atom stereocenters. The van der Waals surface area contributed by atoms with Crippen molar-refractivity contribution < 1.29 is 14.0 Å². The van der Waals surface area contributed by atoms with Crippen LogP contribution in [0.3, 0.4) is 0 Å². The van der Waals surface area contributed by atoms with Crippen LogP contribution < -0.4 is 5.32 Å². The lowest BCUT2D eigenvalue weighted by Crippen LogP contribution is -2.52. The van der Waals surface area contributed by atoms with E-state index in [1.807, 2.05) is 25.1 Å². The quantitative estimate of drug-likeness (QED) is 0.481. The van der Waals surface area contributed by atoms with Gasteiger partial charge in [0, 0.05) is 18.3 Å². The topological polar surface area (TPSA) is 49.4 Å². The van der Waals surface area contributed by atoms with Gasteiger partial charge in [-0.15, -0.1) is 11.8 Å². The molecule has 6 heteroatoms. The van der Waals surface area contributed by atoms with Crippen molar-refractivity contribution in [1.82, 2.24) is 10.2 Å². The Balaban J connectivity index is 1.64. The molecule has 0 radical (unpaired) electrons. The van der Waals surface area contributed by atoms with Gasteiger partial charge in [0.1, 0.15) is 11.9 Å². The number of thioether (sulfide) groups is 1. The highest BCUT2D eigenvalue weighted by atomic mass is 32.2. The fourth-order valence-corrected chi connectivity index (χ4v) is 5.23. The lowest BCUT2D eigenvalue weighted by atomic mass is 9.95. The van der Waals surface area contributed by atoms with E-state index in [0.717, 1.165) is 36.8 Å². The minimum absolute atomic E-state index is 0.0244. The van der Waals surface area contributed by atoms with Crippen molar-refractivity contribution in [2.75, 3.05) is 12.3 Å². The lowest BCUT2D eigenvalue weighted by Gasteiger charge is -2.32. The summed E-state index contributed by atoms with van der Waals surface area (Å²) in [5.74, 6) is 0.600. The smallest absolute Gasteiger partial charge is 0.243 e. The van der Waals surface area contributed by atoms with Gasteiger partial charge in [0.25, 0.3) is 0 Å². The zero-order chi connectivity index (χ0) is 23.5. The Morgan fingerprint density at radius 3 is 2.39 bits per heavy atom. The molecule has 1 fully saturated rings. The molecule has 33 heavy (non-hydrogen) atoms. The van der Waals surface area contributed by atoms with E-state index in [2.05, 4.69) is 17.4 Å². The van der Waals surface area contributed by atoms with Crippen LogP contribution in [-0.2, 0) is 21.8 Å². The summed E-state index contributed by atoms with van der Waals surface area (Å²) < 4.78 is 13.1. The molecule has 3 rings (SSSR count). The second-order valence-electron chi connectivity index (χ2n) is 8.71. The van der Waals surface area contributed by atoms with Crippen LogP contribution in [0.5, 0.6) is 0 Å². The van der Waals surface area contributed by atoms with Gasteiger partial charge in [-0.1, -0.05) is 68.7 Å². The second-order valence-corrected chi connectivity index (χ2v) is 9.70. The third kappa shape index (κ3) is 8.18. The molecule has 1 aliphatic rings. The highest BCUT2D eigenvalue weighted by Gasteiger charge is 2.29. The van der Waals surface area contributed by atoms with E-state index in [9.17, 15) is 14.0 Å². The molecule has 0 aromatic heterocycles. The van der Waals surface area contributed by atoms with Crippen LogP contribution >= 0.6 is 11.8 Å². The van der Waals surface area contributed by atoms with Crippen molar-refractivity contribution >= 4 is 23.6 Å². The summed E-state index contributed by atoms with van der Waals surface area (Å²) in [6.07, 6.45) is 6.87. The summed E-state index contributed by atoms with van der Waals surface area (Å²) in [5.41, 5.74) is 2.13. The molecular weight excluding hydrogens is 435 g/mol. The van der Waals surface area contributed by atoms with Crippen LogP contribution in [0.2, 0.25) is 0 Å². The number of carbonyl (C=O) groups is 2. The molecule has 0 heterocycles. The van der Waals surface area contributed by atoms with Crippen LogP contribution in [0.4, 0.5) is 4.39 Å². The van der Waals surface area contributed by atoms with E-state index < -0.39 is 6.04 Å². The van der Waals surface area contributed by atoms with Gasteiger partial charge in [0.05, 0.1) is 5.75 Å². The molecule has 2 aromatic carbocycles. The van der Waals surface area contributed by atoms with Gasteiger partial charge < -0.3 is 10.2 Å². The largest absolute Gasteiger partial charge is 0.352 e. The predicted octanol–water partition coefficient (Wildman–Crippen LogP) is 5.36. The summed E-state index contributed by atoms with van der Waals surface area (Å²) in [7, 11) is 0. The molecule has 2 aromatic rings. The zero-order valence-electron chi connectivity index (χ0n) is 19.5. The Bertz CT molecular complexity index is 869. The number of carbonyl (C=O) groups excluding carboxylic acids is 2. The van der Waals surface area contributed by atoms with Gasteiger partial charge >= 0.3 is 0 Å². The number of halogens is 1. The van der Waals surface area contributed by atoms with Gasteiger partial charge in [-0.2, -0.15) is 0 Å². The SMILES string of the molecule is CCC(C(=O)NC1CCCCC1)N(CCc1ccccc1)C(=O)CSCc1ccc(F)cc1. The van der Waals surface area contributed by atoms with Gasteiger partial charge in [0.2, 0.25) is 11.8 Å². The average molecular weight is 471 g/mol. The molecule has 2 amide bonds. The van der Waals surface area contributed by atoms with Crippen LogP contribution in [0.25, 0.3) is 0 Å². The summed E-state index contributed by atoms with van der Waals surface area (Å²) >= 11 is 1.50. The van der Waals surface area contributed by atoms with Gasteiger partial charge in [-0.05, 0) is 48.9 Å². The highest BCUT2D eigenvalue weighted by molar-refractivity contribution is 7.99. The third-order valence-electron chi connectivity index (χ3n) is 6.23. The van der Waals surface area contributed by atoms with Crippen molar-refractivity contribution in [1.29, 1.82) is 0 Å². The van der Waals surface area contributed by atoms with Crippen molar-refractivity contribution in [2.24, 2.45) is 0 Å². The van der Waals surface area contributed by atoms with Gasteiger partial charge in [0.15, 0.2) is 0 Å². The first-order valence-corrected chi connectivity index (χ1v) is 13.2. The number of nitrogens with one attached hydrogen (secondary N) is 1. The van der Waals surface area contributed by atoms with E-state index >= 15 is 0 Å².